The second-order valence-corrected chi connectivity index (χ2v) is 7.91. The van der Waals surface area contributed by atoms with Crippen molar-refractivity contribution < 1.29 is 9.90 Å². The Labute approximate surface area is 185 Å². The summed E-state index contributed by atoms with van der Waals surface area (Å²) < 4.78 is 1.66. The average Bonchev–Trinajstić information content (AvgIpc) is 3.27. The molecule has 1 amide bonds. The molecule has 1 unspecified atom stereocenters. The minimum absolute atomic E-state index is 0. The van der Waals surface area contributed by atoms with Gasteiger partial charge in [-0.25, -0.2) is 4.99 Å². The maximum Gasteiger partial charge on any atom is 0.230 e. The number of halogens is 1. The van der Waals surface area contributed by atoms with Crippen molar-refractivity contribution in [2.24, 2.45) is 17.5 Å². The van der Waals surface area contributed by atoms with Gasteiger partial charge in [-0.15, -0.1) is 24.0 Å². The van der Waals surface area contributed by atoms with Gasteiger partial charge in [-0.3, -0.25) is 9.48 Å². The fourth-order valence-corrected chi connectivity index (χ4v) is 3.61. The average molecular weight is 506 g/mol. The second-order valence-electron chi connectivity index (χ2n) is 7.91. The summed E-state index contributed by atoms with van der Waals surface area (Å²) in [5, 5.41) is 21.4. The Morgan fingerprint density at radius 2 is 2.04 bits per heavy atom. The van der Waals surface area contributed by atoms with E-state index in [1.807, 2.05) is 28.1 Å². The Kier molecular flexibility index (Phi) is 9.19. The van der Waals surface area contributed by atoms with Crippen LogP contribution in [0.1, 0.15) is 45.1 Å². The highest BCUT2D eigenvalue weighted by Gasteiger charge is 2.42. The number of guanidine groups is 1. The van der Waals surface area contributed by atoms with Crippen molar-refractivity contribution in [3.63, 3.8) is 0 Å². The Morgan fingerprint density at radius 1 is 1.39 bits per heavy atom. The van der Waals surface area contributed by atoms with E-state index < -0.39 is 5.60 Å². The summed E-state index contributed by atoms with van der Waals surface area (Å²) in [4.78, 5) is 19.0. The fourth-order valence-electron chi connectivity index (χ4n) is 3.61. The van der Waals surface area contributed by atoms with Gasteiger partial charge in [-0.1, -0.05) is 12.8 Å². The first-order chi connectivity index (χ1) is 12.7. The number of carbonyl (C=O) groups excluding carboxylic acids is 1. The summed E-state index contributed by atoms with van der Waals surface area (Å²) in [6, 6.07) is 0. The third-order valence-electron chi connectivity index (χ3n) is 5.23. The molecule has 9 heteroatoms. The standard InChI is InChI=1S/C19H34N6O2.HI/c1-6-20-17(21-13-18(2,27)15-11-23-25(5)12-15)22-14-19(9-7-8-10-19)16(26)24(3)4;/h11-12,27H,6-10,13-14H2,1-5H3,(H2,20,21,22);1H. The molecule has 8 nitrogen and oxygen atoms in total. The van der Waals surface area contributed by atoms with E-state index in [1.54, 1.807) is 28.9 Å². The molecule has 1 aromatic rings. The fraction of sp³-hybridized carbons (Fsp3) is 0.737. The number of aliphatic imine (C=N–C) groups is 1. The first-order valence-electron chi connectivity index (χ1n) is 9.65. The Morgan fingerprint density at radius 3 is 2.54 bits per heavy atom. The number of aromatic nitrogens is 2. The molecule has 0 radical (unpaired) electrons. The number of hydrogen-bond donors (Lipinski definition) is 3. The molecule has 1 aliphatic rings. The summed E-state index contributed by atoms with van der Waals surface area (Å²) >= 11 is 0. The summed E-state index contributed by atoms with van der Waals surface area (Å²) in [5.74, 6) is 0.783. The van der Waals surface area contributed by atoms with Gasteiger partial charge in [0.05, 0.1) is 18.2 Å². The molecule has 1 aliphatic carbocycles. The zero-order valence-corrected chi connectivity index (χ0v) is 20.0. The number of carbonyl (C=O) groups is 1. The number of amides is 1. The van der Waals surface area contributed by atoms with Gasteiger partial charge in [0.2, 0.25) is 5.91 Å². The summed E-state index contributed by atoms with van der Waals surface area (Å²) in [7, 11) is 5.44. The normalized spacial score (nSPS) is 18.1. The van der Waals surface area contributed by atoms with Crippen molar-refractivity contribution >= 4 is 35.8 Å². The van der Waals surface area contributed by atoms with E-state index in [1.165, 1.54) is 0 Å². The summed E-state index contributed by atoms with van der Waals surface area (Å²) in [6.45, 7) is 5.17. The van der Waals surface area contributed by atoms with Crippen LogP contribution < -0.4 is 10.6 Å². The number of nitrogens with zero attached hydrogens (tertiary/aromatic N) is 4. The number of nitrogens with one attached hydrogen (secondary N) is 2. The van der Waals surface area contributed by atoms with Crippen molar-refractivity contribution in [3.8, 4) is 0 Å². The van der Waals surface area contributed by atoms with Crippen LogP contribution in [0.25, 0.3) is 0 Å². The molecule has 160 valence electrons. The molecule has 0 bridgehead atoms. The van der Waals surface area contributed by atoms with E-state index in [0.29, 0.717) is 19.0 Å². The Hall–Kier alpha value is -1.36. The van der Waals surface area contributed by atoms with Gasteiger partial charge >= 0.3 is 0 Å². The van der Waals surface area contributed by atoms with E-state index >= 15 is 0 Å². The minimum Gasteiger partial charge on any atom is -0.383 e. The van der Waals surface area contributed by atoms with Crippen LogP contribution in [-0.2, 0) is 17.4 Å². The predicted molar refractivity (Wildman–Crippen MR) is 122 cm³/mol. The smallest absolute Gasteiger partial charge is 0.230 e. The van der Waals surface area contributed by atoms with Crippen LogP contribution in [0.15, 0.2) is 17.4 Å². The van der Waals surface area contributed by atoms with E-state index in [2.05, 4.69) is 20.7 Å². The molecule has 28 heavy (non-hydrogen) atoms. The first kappa shape index (κ1) is 24.7. The molecule has 0 aliphatic heterocycles. The van der Waals surface area contributed by atoms with Crippen molar-refractivity contribution in [3.05, 3.63) is 18.0 Å². The minimum atomic E-state index is -1.11. The molecule has 0 aromatic carbocycles. The van der Waals surface area contributed by atoms with Gasteiger partial charge in [0.1, 0.15) is 5.60 Å². The highest BCUT2D eigenvalue weighted by Crippen LogP contribution is 2.38. The lowest BCUT2D eigenvalue weighted by atomic mass is 9.84. The summed E-state index contributed by atoms with van der Waals surface area (Å²) in [6.07, 6.45) is 7.38. The topological polar surface area (TPSA) is 94.8 Å². The molecule has 1 heterocycles. The number of rotatable bonds is 7. The first-order valence-corrected chi connectivity index (χ1v) is 9.65. The lowest BCUT2D eigenvalue weighted by Gasteiger charge is -2.31. The van der Waals surface area contributed by atoms with Gasteiger partial charge in [0.25, 0.3) is 0 Å². The maximum absolute atomic E-state index is 12.7. The van der Waals surface area contributed by atoms with E-state index in [-0.39, 0.29) is 41.8 Å². The molecule has 2 rings (SSSR count). The second kappa shape index (κ2) is 10.4. The quantitative estimate of drug-likeness (QED) is 0.296. The van der Waals surface area contributed by atoms with Crippen molar-refractivity contribution in [1.29, 1.82) is 0 Å². The largest absolute Gasteiger partial charge is 0.383 e. The van der Waals surface area contributed by atoms with Gasteiger partial charge in [-0.05, 0) is 26.7 Å². The van der Waals surface area contributed by atoms with E-state index in [4.69, 9.17) is 0 Å². The molecule has 1 fully saturated rings. The molecular weight excluding hydrogens is 471 g/mol. The van der Waals surface area contributed by atoms with Gasteiger partial charge in [-0.2, -0.15) is 5.10 Å². The summed E-state index contributed by atoms with van der Waals surface area (Å²) in [5.41, 5.74) is -0.758. The molecule has 1 saturated carbocycles. The van der Waals surface area contributed by atoms with E-state index in [9.17, 15) is 9.90 Å². The SMILES string of the molecule is CCNC(=NCC(C)(O)c1cnn(C)c1)NCC1(C(=O)N(C)C)CCCC1.I. The van der Waals surface area contributed by atoms with Gasteiger partial charge in [0.15, 0.2) is 5.96 Å². The van der Waals surface area contributed by atoms with Crippen molar-refractivity contribution in [2.75, 3.05) is 33.7 Å². The van der Waals surface area contributed by atoms with Crippen LogP contribution in [0.5, 0.6) is 0 Å². The molecule has 0 saturated heterocycles. The third-order valence-corrected chi connectivity index (χ3v) is 5.23. The van der Waals surface area contributed by atoms with Crippen molar-refractivity contribution in [1.82, 2.24) is 25.3 Å². The lowest BCUT2D eigenvalue weighted by Crippen LogP contribution is -2.49. The third kappa shape index (κ3) is 6.07. The number of aliphatic hydroxyl groups is 1. The van der Waals surface area contributed by atoms with Crippen LogP contribution >= 0.6 is 24.0 Å². The number of hydrogen-bond acceptors (Lipinski definition) is 4. The molecular formula is C19H35IN6O2. The molecule has 3 N–H and O–H groups in total. The Bertz CT molecular complexity index is 665. The zero-order chi connectivity index (χ0) is 20.1. The van der Waals surface area contributed by atoms with Crippen LogP contribution in [-0.4, -0.2) is 65.4 Å². The monoisotopic (exact) mass is 506 g/mol. The van der Waals surface area contributed by atoms with Crippen LogP contribution in [0.4, 0.5) is 0 Å². The van der Waals surface area contributed by atoms with Crippen molar-refractivity contribution in [2.45, 2.75) is 45.1 Å². The molecule has 0 spiro atoms. The van der Waals surface area contributed by atoms with E-state index in [0.717, 1.165) is 31.2 Å². The van der Waals surface area contributed by atoms with Gasteiger partial charge in [0, 0.05) is 46.0 Å². The highest BCUT2D eigenvalue weighted by molar-refractivity contribution is 14.0. The van der Waals surface area contributed by atoms with Crippen LogP contribution in [0, 0.1) is 5.41 Å². The molecule has 1 atom stereocenters. The van der Waals surface area contributed by atoms with Gasteiger partial charge < -0.3 is 20.6 Å². The predicted octanol–water partition coefficient (Wildman–Crippen LogP) is 1.45. The van der Waals surface area contributed by atoms with Crippen LogP contribution in [0.3, 0.4) is 0 Å². The lowest BCUT2D eigenvalue weighted by molar-refractivity contribution is -0.138. The Balaban J connectivity index is 0.00000392. The highest BCUT2D eigenvalue weighted by atomic mass is 127. The zero-order valence-electron chi connectivity index (χ0n) is 17.7. The molecule has 1 aromatic heterocycles. The number of aryl methyl sites for hydroxylation is 1. The van der Waals surface area contributed by atoms with Crippen LogP contribution in [0.2, 0.25) is 0 Å². The maximum atomic E-state index is 12.7.